The monoisotopic (exact) mass is 275 g/mol. The van der Waals surface area contributed by atoms with E-state index in [9.17, 15) is 0 Å². The van der Waals surface area contributed by atoms with E-state index in [0.29, 0.717) is 6.54 Å². The van der Waals surface area contributed by atoms with Gasteiger partial charge in [0.05, 0.1) is 19.4 Å². The highest BCUT2D eigenvalue weighted by Crippen LogP contribution is 2.43. The van der Waals surface area contributed by atoms with Crippen molar-refractivity contribution in [1.29, 1.82) is 0 Å². The second-order valence-corrected chi connectivity index (χ2v) is 5.52. The van der Waals surface area contributed by atoms with Gasteiger partial charge in [0.15, 0.2) is 5.17 Å². The van der Waals surface area contributed by atoms with Crippen molar-refractivity contribution in [3.05, 3.63) is 34.7 Å². The fourth-order valence-corrected chi connectivity index (χ4v) is 3.61. The van der Waals surface area contributed by atoms with Gasteiger partial charge in [-0.15, -0.1) is 0 Å². The maximum Gasteiger partial charge on any atom is 0.168 e. The Balaban J connectivity index is 1.97. The number of benzene rings is 1. The van der Waals surface area contributed by atoms with Crippen molar-refractivity contribution in [2.24, 2.45) is 10.7 Å². The van der Waals surface area contributed by atoms with Crippen LogP contribution >= 0.6 is 11.8 Å². The minimum absolute atomic E-state index is 0.670. The first-order valence-electron chi connectivity index (χ1n) is 6.41. The lowest BCUT2D eigenvalue weighted by Crippen LogP contribution is -2.20. The first-order chi connectivity index (χ1) is 9.33. The SMILES string of the molecule is COc1ccc(C2=C(CCN)SC3=NCCN32)cc1. The van der Waals surface area contributed by atoms with Gasteiger partial charge in [-0.05, 0) is 42.8 Å². The van der Waals surface area contributed by atoms with Crippen LogP contribution in [0.5, 0.6) is 5.75 Å². The third kappa shape index (κ3) is 2.24. The molecule has 0 unspecified atom stereocenters. The summed E-state index contributed by atoms with van der Waals surface area (Å²) in [6.07, 6.45) is 0.904. The Hall–Kier alpha value is -1.46. The van der Waals surface area contributed by atoms with Crippen LogP contribution in [0.1, 0.15) is 12.0 Å². The van der Waals surface area contributed by atoms with E-state index in [2.05, 4.69) is 22.0 Å². The van der Waals surface area contributed by atoms with Gasteiger partial charge in [0.1, 0.15) is 5.75 Å². The van der Waals surface area contributed by atoms with Crippen LogP contribution in [0.25, 0.3) is 5.70 Å². The zero-order valence-corrected chi connectivity index (χ0v) is 11.7. The molecule has 5 heteroatoms. The maximum atomic E-state index is 5.72. The molecule has 0 atom stereocenters. The van der Waals surface area contributed by atoms with Crippen LogP contribution in [-0.4, -0.2) is 36.8 Å². The van der Waals surface area contributed by atoms with Gasteiger partial charge in [0.25, 0.3) is 0 Å². The number of thioether (sulfide) groups is 1. The molecule has 2 aliphatic heterocycles. The van der Waals surface area contributed by atoms with E-state index in [1.165, 1.54) is 16.2 Å². The van der Waals surface area contributed by atoms with Crippen LogP contribution in [-0.2, 0) is 0 Å². The van der Waals surface area contributed by atoms with Gasteiger partial charge < -0.3 is 15.4 Å². The lowest BCUT2D eigenvalue weighted by Gasteiger charge is -2.17. The molecule has 1 aromatic rings. The quantitative estimate of drug-likeness (QED) is 0.914. The molecule has 0 aliphatic carbocycles. The number of amidine groups is 1. The molecule has 2 N–H and O–H groups in total. The summed E-state index contributed by atoms with van der Waals surface area (Å²) < 4.78 is 5.21. The van der Waals surface area contributed by atoms with E-state index in [1.807, 2.05) is 12.1 Å². The summed E-state index contributed by atoms with van der Waals surface area (Å²) in [5.41, 5.74) is 8.20. The normalized spacial score (nSPS) is 17.8. The molecule has 0 spiro atoms. The molecule has 0 aromatic heterocycles. The number of ether oxygens (including phenoxy) is 1. The van der Waals surface area contributed by atoms with Gasteiger partial charge in [0.2, 0.25) is 0 Å². The Morgan fingerprint density at radius 1 is 1.37 bits per heavy atom. The summed E-state index contributed by atoms with van der Waals surface area (Å²) in [6, 6.07) is 8.20. The smallest absolute Gasteiger partial charge is 0.168 e. The number of nitrogens with zero attached hydrogens (tertiary/aromatic N) is 2. The number of hydrogen-bond acceptors (Lipinski definition) is 5. The minimum atomic E-state index is 0.670. The van der Waals surface area contributed by atoms with E-state index in [4.69, 9.17) is 10.5 Å². The van der Waals surface area contributed by atoms with E-state index in [1.54, 1.807) is 18.9 Å². The molecule has 2 aliphatic rings. The number of hydrogen-bond donors (Lipinski definition) is 1. The first kappa shape index (κ1) is 12.6. The number of fused-ring (bicyclic) bond motifs is 1. The molecule has 3 rings (SSSR count). The third-order valence-electron chi connectivity index (χ3n) is 3.28. The number of nitrogens with two attached hydrogens (primary N) is 1. The number of methoxy groups -OCH3 is 1. The molecule has 4 nitrogen and oxygen atoms in total. The average molecular weight is 275 g/mol. The van der Waals surface area contributed by atoms with Crippen LogP contribution in [0, 0.1) is 0 Å². The molecule has 19 heavy (non-hydrogen) atoms. The van der Waals surface area contributed by atoms with Crippen LogP contribution in [0.3, 0.4) is 0 Å². The second kappa shape index (κ2) is 5.27. The fourth-order valence-electron chi connectivity index (χ4n) is 2.40. The van der Waals surface area contributed by atoms with Gasteiger partial charge >= 0.3 is 0 Å². The van der Waals surface area contributed by atoms with Gasteiger partial charge in [0, 0.05) is 11.4 Å². The summed E-state index contributed by atoms with van der Waals surface area (Å²) in [7, 11) is 1.69. The van der Waals surface area contributed by atoms with Gasteiger partial charge in [-0.2, -0.15) is 0 Å². The summed E-state index contributed by atoms with van der Waals surface area (Å²) in [6.45, 7) is 2.53. The molecule has 2 heterocycles. The lowest BCUT2D eigenvalue weighted by molar-refractivity contribution is 0.414. The summed E-state index contributed by atoms with van der Waals surface area (Å²) >= 11 is 1.76. The Morgan fingerprint density at radius 3 is 2.84 bits per heavy atom. The predicted octanol–water partition coefficient (Wildman–Crippen LogP) is 2.13. The van der Waals surface area contributed by atoms with E-state index in [-0.39, 0.29) is 0 Å². The zero-order chi connectivity index (χ0) is 13.2. The van der Waals surface area contributed by atoms with E-state index >= 15 is 0 Å². The van der Waals surface area contributed by atoms with Crippen LogP contribution < -0.4 is 10.5 Å². The largest absolute Gasteiger partial charge is 0.497 e. The van der Waals surface area contributed by atoms with Crippen molar-refractivity contribution in [2.75, 3.05) is 26.7 Å². The lowest BCUT2D eigenvalue weighted by atomic mass is 10.1. The van der Waals surface area contributed by atoms with Gasteiger partial charge in [-0.25, -0.2) is 0 Å². The Labute approximate surface area is 117 Å². The highest BCUT2D eigenvalue weighted by molar-refractivity contribution is 8.17. The highest BCUT2D eigenvalue weighted by atomic mass is 32.2. The molecule has 0 radical (unpaired) electrons. The molecular weight excluding hydrogens is 258 g/mol. The van der Waals surface area contributed by atoms with Crippen molar-refractivity contribution in [1.82, 2.24) is 4.90 Å². The molecule has 0 saturated heterocycles. The van der Waals surface area contributed by atoms with Crippen molar-refractivity contribution in [3.8, 4) is 5.75 Å². The van der Waals surface area contributed by atoms with Gasteiger partial charge in [-0.3, -0.25) is 4.99 Å². The zero-order valence-electron chi connectivity index (χ0n) is 10.9. The summed E-state index contributed by atoms with van der Waals surface area (Å²) in [5, 5.41) is 1.12. The van der Waals surface area contributed by atoms with Crippen LogP contribution in [0.15, 0.2) is 34.2 Å². The molecule has 0 fully saturated rings. The van der Waals surface area contributed by atoms with Gasteiger partial charge in [-0.1, -0.05) is 11.8 Å². The minimum Gasteiger partial charge on any atom is -0.497 e. The third-order valence-corrected chi connectivity index (χ3v) is 4.46. The van der Waals surface area contributed by atoms with Crippen LogP contribution in [0.4, 0.5) is 0 Å². The molecule has 0 amide bonds. The van der Waals surface area contributed by atoms with Crippen molar-refractivity contribution in [3.63, 3.8) is 0 Å². The second-order valence-electron chi connectivity index (χ2n) is 4.46. The Kier molecular flexibility index (Phi) is 3.48. The molecule has 100 valence electrons. The topological polar surface area (TPSA) is 50.9 Å². The molecule has 1 aromatic carbocycles. The van der Waals surface area contributed by atoms with Crippen molar-refractivity contribution in [2.45, 2.75) is 6.42 Å². The first-order valence-corrected chi connectivity index (χ1v) is 7.22. The predicted molar refractivity (Wildman–Crippen MR) is 80.2 cm³/mol. The Bertz CT molecular complexity index is 536. The van der Waals surface area contributed by atoms with Crippen molar-refractivity contribution >= 4 is 22.6 Å². The number of aliphatic imine (C=N–C) groups is 1. The fraction of sp³-hybridized carbons (Fsp3) is 0.357. The molecular formula is C14H17N3OS. The van der Waals surface area contributed by atoms with Crippen LogP contribution in [0.2, 0.25) is 0 Å². The maximum absolute atomic E-state index is 5.72. The summed E-state index contributed by atoms with van der Waals surface area (Å²) in [5.74, 6) is 0.880. The molecule has 0 bridgehead atoms. The molecule has 0 saturated carbocycles. The van der Waals surface area contributed by atoms with Crippen molar-refractivity contribution < 1.29 is 4.74 Å². The standard InChI is InChI=1S/C14H17N3OS/c1-18-11-4-2-10(3-5-11)13-12(6-7-15)19-14-16-8-9-17(13)14/h2-5H,6-9,15H2,1H3. The highest BCUT2D eigenvalue weighted by Gasteiger charge is 2.32. The van der Waals surface area contributed by atoms with E-state index in [0.717, 1.165) is 30.4 Å². The Morgan fingerprint density at radius 2 is 2.16 bits per heavy atom. The average Bonchev–Trinajstić information content (AvgIpc) is 3.00. The summed E-state index contributed by atoms with van der Waals surface area (Å²) in [4.78, 5) is 8.17. The number of rotatable bonds is 4. The van der Waals surface area contributed by atoms with E-state index < -0.39 is 0 Å².